The molecule has 1 nitrogen and oxygen atoms in total. The van der Waals surface area contributed by atoms with Crippen molar-refractivity contribution in [2.75, 3.05) is 6.54 Å². The van der Waals surface area contributed by atoms with Gasteiger partial charge in [0, 0.05) is 16.6 Å². The van der Waals surface area contributed by atoms with Crippen molar-refractivity contribution in [3.8, 4) is 0 Å². The van der Waals surface area contributed by atoms with Crippen molar-refractivity contribution in [1.82, 2.24) is 0 Å². The average Bonchev–Trinajstić information content (AvgIpc) is 2.18. The Morgan fingerprint density at radius 1 is 1.44 bits per heavy atom. The summed E-state index contributed by atoms with van der Waals surface area (Å²) in [6.45, 7) is 6.92. The van der Waals surface area contributed by atoms with Crippen molar-refractivity contribution in [3.63, 3.8) is 0 Å². The Morgan fingerprint density at radius 2 is 2.11 bits per heavy atom. The van der Waals surface area contributed by atoms with Gasteiger partial charge in [-0.05, 0) is 30.0 Å². The summed E-state index contributed by atoms with van der Waals surface area (Å²) in [6.07, 6.45) is 2.49. The molecular weight excluding hydrogens is 269 g/mol. The summed E-state index contributed by atoms with van der Waals surface area (Å²) in [6, 6.07) is 4.24. The van der Waals surface area contributed by atoms with Gasteiger partial charge >= 0.3 is 0 Å². The number of benzene rings is 1. The van der Waals surface area contributed by atoms with Crippen molar-refractivity contribution < 1.29 is 4.39 Å². The molecule has 0 spiro atoms. The van der Waals surface area contributed by atoms with Crippen LogP contribution in [0.2, 0.25) is 5.02 Å². The van der Waals surface area contributed by atoms with Gasteiger partial charge in [-0.25, -0.2) is 4.39 Å². The van der Waals surface area contributed by atoms with Crippen molar-refractivity contribution in [1.29, 1.82) is 0 Å². The molecule has 0 saturated carbocycles. The minimum Gasteiger partial charge on any atom is -0.287 e. The highest BCUT2D eigenvalue weighted by molar-refractivity contribution is 7.80. The molecule has 98 valence electrons. The van der Waals surface area contributed by atoms with E-state index in [9.17, 15) is 4.39 Å². The topological polar surface area (TPSA) is 12.4 Å². The summed E-state index contributed by atoms with van der Waals surface area (Å²) in [5, 5.41) is 0.362. The minimum atomic E-state index is -0.347. The molecule has 0 aromatic heterocycles. The van der Waals surface area contributed by atoms with Crippen LogP contribution in [0.25, 0.3) is 0 Å². The van der Waals surface area contributed by atoms with Crippen molar-refractivity contribution in [2.45, 2.75) is 27.2 Å². The van der Waals surface area contributed by atoms with Crippen molar-refractivity contribution in [3.05, 3.63) is 34.6 Å². The molecule has 0 saturated heterocycles. The standard InChI is InChI=1S/C14H17ClFNS/c1-14(2,3)7-12(18)9-17-8-10-4-5-11(16)6-13(10)15/h4-6,8H,7,9H2,1-3H3. The molecule has 1 aromatic rings. The number of aliphatic imine (C=N–C) groups is 1. The molecule has 0 unspecified atom stereocenters. The highest BCUT2D eigenvalue weighted by atomic mass is 35.5. The first-order valence-corrected chi connectivity index (χ1v) is 6.53. The van der Waals surface area contributed by atoms with Crippen LogP contribution >= 0.6 is 23.8 Å². The van der Waals surface area contributed by atoms with E-state index >= 15 is 0 Å². The molecule has 0 aliphatic rings. The van der Waals surface area contributed by atoms with Gasteiger partial charge in [-0.3, -0.25) is 4.99 Å². The summed E-state index contributed by atoms with van der Waals surface area (Å²) in [4.78, 5) is 5.16. The largest absolute Gasteiger partial charge is 0.287 e. The number of nitrogens with zero attached hydrogens (tertiary/aromatic N) is 1. The number of hydrogen-bond donors (Lipinski definition) is 0. The molecule has 4 heteroatoms. The van der Waals surface area contributed by atoms with Crippen LogP contribution in [0, 0.1) is 11.2 Å². The maximum Gasteiger partial charge on any atom is 0.124 e. The predicted molar refractivity (Wildman–Crippen MR) is 80.5 cm³/mol. The van der Waals surface area contributed by atoms with Crippen LogP contribution in [0.15, 0.2) is 23.2 Å². The Morgan fingerprint density at radius 3 is 2.67 bits per heavy atom. The fraction of sp³-hybridized carbons (Fsp3) is 0.429. The van der Waals surface area contributed by atoms with Gasteiger partial charge in [0.2, 0.25) is 0 Å². The molecular formula is C14H17ClFNS. The van der Waals surface area contributed by atoms with E-state index in [1.54, 1.807) is 12.3 Å². The van der Waals surface area contributed by atoms with Gasteiger partial charge in [0.05, 0.1) is 11.6 Å². The van der Waals surface area contributed by atoms with Crippen molar-refractivity contribution >= 4 is 34.9 Å². The van der Waals surface area contributed by atoms with Gasteiger partial charge in [-0.2, -0.15) is 0 Å². The van der Waals surface area contributed by atoms with Crippen LogP contribution in [0.1, 0.15) is 32.8 Å². The second-order valence-electron chi connectivity index (χ2n) is 5.41. The van der Waals surface area contributed by atoms with E-state index < -0.39 is 0 Å². The molecule has 0 fully saturated rings. The summed E-state index contributed by atoms with van der Waals surface area (Å²) in [5.74, 6) is -0.347. The molecule has 1 aromatic carbocycles. The first-order chi connectivity index (χ1) is 8.28. The Balaban J connectivity index is 2.58. The zero-order valence-corrected chi connectivity index (χ0v) is 12.4. The zero-order valence-electron chi connectivity index (χ0n) is 10.8. The molecule has 0 aliphatic carbocycles. The smallest absolute Gasteiger partial charge is 0.124 e. The quantitative estimate of drug-likeness (QED) is 0.577. The third-order valence-corrected chi connectivity index (χ3v) is 2.79. The highest BCUT2D eigenvalue weighted by Crippen LogP contribution is 2.19. The Kier molecular flexibility index (Phi) is 5.42. The predicted octanol–water partition coefficient (Wildman–Crippen LogP) is 4.70. The Labute approximate surface area is 118 Å². The van der Waals surface area contributed by atoms with Gasteiger partial charge in [0.1, 0.15) is 5.82 Å². The molecule has 1 rings (SSSR count). The first-order valence-electron chi connectivity index (χ1n) is 5.74. The Bertz CT molecular complexity index is 463. The minimum absolute atomic E-state index is 0.181. The van der Waals surface area contributed by atoms with E-state index in [0.29, 0.717) is 17.1 Å². The molecule has 0 heterocycles. The second-order valence-corrected chi connectivity index (χ2v) is 6.40. The van der Waals surface area contributed by atoms with E-state index in [4.69, 9.17) is 23.8 Å². The van der Waals surface area contributed by atoms with Crippen LogP contribution in [-0.2, 0) is 0 Å². The van der Waals surface area contributed by atoms with Gasteiger partial charge in [-0.15, -0.1) is 0 Å². The van der Waals surface area contributed by atoms with Gasteiger partial charge in [-0.1, -0.05) is 44.6 Å². The van der Waals surface area contributed by atoms with E-state index in [1.165, 1.54) is 12.1 Å². The summed E-state index contributed by atoms with van der Waals surface area (Å²) >= 11 is 11.2. The lowest BCUT2D eigenvalue weighted by molar-refractivity contribution is 0.435. The van der Waals surface area contributed by atoms with Gasteiger partial charge in [0.15, 0.2) is 0 Å². The summed E-state index contributed by atoms with van der Waals surface area (Å²) in [5.41, 5.74) is 0.886. The Hall–Kier alpha value is -0.800. The third kappa shape index (κ3) is 5.69. The normalized spacial score (nSPS) is 12.1. The maximum atomic E-state index is 12.8. The summed E-state index contributed by atoms with van der Waals surface area (Å²) < 4.78 is 12.8. The van der Waals surface area contributed by atoms with Gasteiger partial charge in [0.25, 0.3) is 0 Å². The van der Waals surface area contributed by atoms with E-state index in [2.05, 4.69) is 25.8 Å². The average molecular weight is 286 g/mol. The summed E-state index contributed by atoms with van der Waals surface area (Å²) in [7, 11) is 0. The molecule has 0 aliphatic heterocycles. The van der Waals surface area contributed by atoms with Gasteiger partial charge < -0.3 is 0 Å². The number of thiocarbonyl (C=S) groups is 1. The molecule has 0 amide bonds. The third-order valence-electron chi connectivity index (χ3n) is 2.19. The monoisotopic (exact) mass is 285 g/mol. The highest BCUT2D eigenvalue weighted by Gasteiger charge is 2.12. The molecule has 0 N–H and O–H groups in total. The number of halogens is 2. The molecule has 0 bridgehead atoms. The van der Waals surface area contributed by atoms with E-state index in [1.807, 2.05) is 0 Å². The zero-order chi connectivity index (χ0) is 13.8. The van der Waals surface area contributed by atoms with Crippen LogP contribution in [0.3, 0.4) is 0 Å². The van der Waals surface area contributed by atoms with E-state index in [0.717, 1.165) is 11.3 Å². The van der Waals surface area contributed by atoms with E-state index in [-0.39, 0.29) is 11.2 Å². The molecule has 18 heavy (non-hydrogen) atoms. The van der Waals surface area contributed by atoms with Crippen LogP contribution < -0.4 is 0 Å². The van der Waals surface area contributed by atoms with Crippen LogP contribution in [0.4, 0.5) is 4.39 Å². The number of hydrogen-bond acceptors (Lipinski definition) is 2. The fourth-order valence-corrected chi connectivity index (χ4v) is 2.22. The fourth-order valence-electron chi connectivity index (χ4n) is 1.50. The van der Waals surface area contributed by atoms with Crippen LogP contribution in [0.5, 0.6) is 0 Å². The molecule has 0 radical (unpaired) electrons. The molecule has 0 atom stereocenters. The van der Waals surface area contributed by atoms with Crippen molar-refractivity contribution in [2.24, 2.45) is 10.4 Å². The van der Waals surface area contributed by atoms with Crippen LogP contribution in [-0.4, -0.2) is 17.6 Å². The lowest BCUT2D eigenvalue weighted by Crippen LogP contribution is -2.13. The second kappa shape index (κ2) is 6.39. The number of rotatable bonds is 4. The maximum absolute atomic E-state index is 12.8. The first kappa shape index (κ1) is 15.3. The SMILES string of the molecule is CC(C)(C)CC(=S)CN=Cc1ccc(F)cc1Cl. The lowest BCUT2D eigenvalue weighted by Gasteiger charge is -2.17. The lowest BCUT2D eigenvalue weighted by atomic mass is 9.90.